The van der Waals surface area contributed by atoms with Crippen LogP contribution in [0, 0.1) is 0 Å². The number of hydrogen-bond donors (Lipinski definition) is 2. The van der Waals surface area contributed by atoms with Crippen LogP contribution in [0.25, 0.3) is 12.2 Å². The van der Waals surface area contributed by atoms with Gasteiger partial charge in [0.1, 0.15) is 5.69 Å². The Bertz CT molecular complexity index is 640. The van der Waals surface area contributed by atoms with Gasteiger partial charge in [0.15, 0.2) is 0 Å². The minimum absolute atomic E-state index is 0.239. The molecular weight excluding hydrogens is 332 g/mol. The number of aromatic nitrogens is 1. The fraction of sp³-hybridized carbons (Fsp3) is 0.500. The van der Waals surface area contributed by atoms with E-state index in [4.69, 9.17) is 0 Å². The third kappa shape index (κ3) is 3.92. The van der Waals surface area contributed by atoms with E-state index in [1.54, 1.807) is 13.0 Å². The number of carbonyl (C=O) groups is 1. The van der Waals surface area contributed by atoms with E-state index in [0.29, 0.717) is 5.69 Å². The molecule has 0 aliphatic heterocycles. The van der Waals surface area contributed by atoms with Crippen LogP contribution in [0.15, 0.2) is 10.5 Å². The number of fused-ring (bicyclic) bond motifs is 1. The van der Waals surface area contributed by atoms with Gasteiger partial charge in [-0.25, -0.2) is 4.98 Å². The maximum atomic E-state index is 12.3. The van der Waals surface area contributed by atoms with Crippen LogP contribution in [0.1, 0.15) is 50.0 Å². The summed E-state index contributed by atoms with van der Waals surface area (Å²) in [5.74, 6) is -0.239. The zero-order chi connectivity index (χ0) is 15.4. The fourth-order valence-corrected chi connectivity index (χ4v) is 3.03. The molecule has 2 rings (SSSR count). The topological polar surface area (TPSA) is 62.2 Å². The molecule has 2 atom stereocenters. The number of rotatable bonds is 5. The van der Waals surface area contributed by atoms with Crippen LogP contribution in [-0.4, -0.2) is 28.1 Å². The van der Waals surface area contributed by atoms with Gasteiger partial charge in [0.25, 0.3) is 5.91 Å². The largest absolute Gasteiger partial charge is 0.391 e. The van der Waals surface area contributed by atoms with Crippen LogP contribution in [0.3, 0.4) is 0 Å². The van der Waals surface area contributed by atoms with Gasteiger partial charge < -0.3 is 10.4 Å². The van der Waals surface area contributed by atoms with Gasteiger partial charge >= 0.3 is 0 Å². The molecule has 1 aromatic rings. The first kappa shape index (κ1) is 16.2. The average Bonchev–Trinajstić information content (AvgIpc) is 2.46. The van der Waals surface area contributed by atoms with Crippen molar-refractivity contribution in [3.8, 4) is 0 Å². The molecule has 0 bridgehead atoms. The lowest BCUT2D eigenvalue weighted by atomic mass is 10.1. The highest BCUT2D eigenvalue weighted by molar-refractivity contribution is 9.10. The molecule has 1 aliphatic rings. The van der Waals surface area contributed by atoms with Crippen LogP contribution >= 0.6 is 15.9 Å². The Morgan fingerprint density at radius 3 is 2.86 bits per heavy atom. The van der Waals surface area contributed by atoms with Gasteiger partial charge in [-0.2, -0.15) is 0 Å². The Morgan fingerprint density at radius 2 is 2.19 bits per heavy atom. The zero-order valence-corrected chi connectivity index (χ0v) is 14.0. The molecule has 4 nitrogen and oxygen atoms in total. The molecule has 114 valence electrons. The van der Waals surface area contributed by atoms with E-state index in [1.807, 2.05) is 6.92 Å². The number of carbonyl (C=O) groups excluding carboxylic acids is 1. The minimum atomic E-state index is -0.574. The summed E-state index contributed by atoms with van der Waals surface area (Å²) in [5.41, 5.74) is 0.383. The summed E-state index contributed by atoms with van der Waals surface area (Å²) < 4.78 is 0.887. The molecule has 0 aromatic carbocycles. The van der Waals surface area contributed by atoms with Gasteiger partial charge in [-0.3, -0.25) is 4.79 Å². The molecule has 0 radical (unpaired) electrons. The smallest absolute Gasteiger partial charge is 0.270 e. The lowest BCUT2D eigenvalue weighted by Gasteiger charge is -2.20. The highest BCUT2D eigenvalue weighted by Crippen LogP contribution is 2.08. The lowest BCUT2D eigenvalue weighted by molar-refractivity contribution is 0.0844. The molecule has 1 aliphatic carbocycles. The van der Waals surface area contributed by atoms with Crippen molar-refractivity contribution >= 4 is 34.0 Å². The first-order chi connectivity index (χ1) is 10.0. The monoisotopic (exact) mass is 352 g/mol. The zero-order valence-electron chi connectivity index (χ0n) is 12.4. The number of amides is 1. The molecule has 1 unspecified atom stereocenters. The van der Waals surface area contributed by atoms with Crippen molar-refractivity contribution in [1.29, 1.82) is 0 Å². The van der Waals surface area contributed by atoms with Crippen molar-refractivity contribution in [2.75, 3.05) is 0 Å². The van der Waals surface area contributed by atoms with Crippen LogP contribution in [0.4, 0.5) is 0 Å². The molecule has 5 heteroatoms. The van der Waals surface area contributed by atoms with Gasteiger partial charge in [-0.05, 0) is 32.3 Å². The summed E-state index contributed by atoms with van der Waals surface area (Å²) in [6.45, 7) is 3.72. The SMILES string of the molecule is CCC[C@H](NC(=O)c1cc(Br)c2c(n1)=CCCC=2)C(C)O. The Morgan fingerprint density at radius 1 is 1.48 bits per heavy atom. The number of halogens is 1. The fourth-order valence-electron chi connectivity index (χ4n) is 2.45. The predicted molar refractivity (Wildman–Crippen MR) is 87.2 cm³/mol. The Hall–Kier alpha value is -1.20. The van der Waals surface area contributed by atoms with Crippen molar-refractivity contribution < 1.29 is 9.90 Å². The molecule has 0 fully saturated rings. The van der Waals surface area contributed by atoms with Crippen molar-refractivity contribution in [2.24, 2.45) is 0 Å². The van der Waals surface area contributed by atoms with Gasteiger partial charge in [-0.15, -0.1) is 0 Å². The van der Waals surface area contributed by atoms with E-state index in [9.17, 15) is 9.90 Å². The summed E-state index contributed by atoms with van der Waals surface area (Å²) in [6.07, 6.45) is 7.20. The number of aliphatic hydroxyl groups excluding tert-OH is 1. The Balaban J connectivity index is 2.26. The third-order valence-corrected chi connectivity index (χ3v) is 4.28. The summed E-state index contributed by atoms with van der Waals surface area (Å²) in [4.78, 5) is 16.8. The molecule has 1 heterocycles. The van der Waals surface area contributed by atoms with Gasteiger partial charge in [0.05, 0.1) is 17.5 Å². The first-order valence-electron chi connectivity index (χ1n) is 7.38. The molecule has 1 aromatic heterocycles. The van der Waals surface area contributed by atoms with Crippen LogP contribution in [0.2, 0.25) is 0 Å². The van der Waals surface area contributed by atoms with Crippen LogP contribution in [0.5, 0.6) is 0 Å². The number of aliphatic hydroxyl groups is 1. The van der Waals surface area contributed by atoms with E-state index in [2.05, 4.69) is 38.4 Å². The first-order valence-corrected chi connectivity index (χ1v) is 8.18. The Kier molecular flexibility index (Phi) is 5.53. The summed E-state index contributed by atoms with van der Waals surface area (Å²) >= 11 is 3.51. The molecule has 0 saturated heterocycles. The second-order valence-corrected chi connectivity index (χ2v) is 6.24. The molecule has 21 heavy (non-hydrogen) atoms. The number of hydrogen-bond acceptors (Lipinski definition) is 3. The standard InChI is InChI=1S/C16H21BrN2O2/c1-3-6-13(10(2)20)19-16(21)15-9-12(17)11-7-4-5-8-14(11)18-15/h7-10,13,20H,3-6H2,1-2H3,(H,19,21)/t10?,13-/m0/s1. The number of nitrogens with zero attached hydrogens (tertiary/aromatic N) is 1. The molecule has 2 N–H and O–H groups in total. The maximum absolute atomic E-state index is 12.3. The second kappa shape index (κ2) is 7.18. The second-order valence-electron chi connectivity index (χ2n) is 5.38. The third-order valence-electron chi connectivity index (χ3n) is 3.62. The Labute approximate surface area is 133 Å². The van der Waals surface area contributed by atoms with Crippen molar-refractivity contribution in [3.63, 3.8) is 0 Å². The summed E-state index contributed by atoms with van der Waals surface area (Å²) in [6, 6.07) is 1.50. The molecule has 0 spiro atoms. The van der Waals surface area contributed by atoms with E-state index in [1.165, 1.54) is 0 Å². The van der Waals surface area contributed by atoms with Gasteiger partial charge in [0, 0.05) is 9.69 Å². The quantitative estimate of drug-likeness (QED) is 0.843. The predicted octanol–water partition coefficient (Wildman–Crippen LogP) is 1.48. The van der Waals surface area contributed by atoms with Gasteiger partial charge in [-0.1, -0.05) is 41.4 Å². The molecule has 0 saturated carbocycles. The summed E-state index contributed by atoms with van der Waals surface area (Å²) in [5, 5.41) is 14.5. The summed E-state index contributed by atoms with van der Waals surface area (Å²) in [7, 11) is 0. The van der Waals surface area contributed by atoms with E-state index in [-0.39, 0.29) is 11.9 Å². The minimum Gasteiger partial charge on any atom is -0.391 e. The highest BCUT2D eigenvalue weighted by Gasteiger charge is 2.19. The van der Waals surface area contributed by atoms with Gasteiger partial charge in [0.2, 0.25) is 0 Å². The van der Waals surface area contributed by atoms with E-state index < -0.39 is 6.10 Å². The van der Waals surface area contributed by atoms with E-state index in [0.717, 1.165) is 40.7 Å². The van der Waals surface area contributed by atoms with Crippen LogP contribution < -0.4 is 15.9 Å². The van der Waals surface area contributed by atoms with Crippen molar-refractivity contribution in [2.45, 2.75) is 51.7 Å². The van der Waals surface area contributed by atoms with Crippen molar-refractivity contribution in [3.05, 3.63) is 26.8 Å². The number of nitrogens with one attached hydrogen (secondary N) is 1. The molecular formula is C16H21BrN2O2. The van der Waals surface area contributed by atoms with Crippen molar-refractivity contribution in [1.82, 2.24) is 10.3 Å². The van der Waals surface area contributed by atoms with E-state index >= 15 is 0 Å². The average molecular weight is 353 g/mol. The van der Waals surface area contributed by atoms with Crippen LogP contribution in [-0.2, 0) is 0 Å². The normalized spacial score (nSPS) is 16.2. The maximum Gasteiger partial charge on any atom is 0.270 e. The number of pyridine rings is 1. The lowest BCUT2D eigenvalue weighted by Crippen LogP contribution is -2.43. The highest BCUT2D eigenvalue weighted by atomic mass is 79.9. The molecule has 1 amide bonds.